The van der Waals surface area contributed by atoms with Gasteiger partial charge in [0.2, 0.25) is 0 Å². The van der Waals surface area contributed by atoms with Crippen molar-refractivity contribution in [1.29, 1.82) is 0 Å². The third-order valence-electron chi connectivity index (χ3n) is 7.79. The lowest BCUT2D eigenvalue weighted by Crippen LogP contribution is -2.20. The van der Waals surface area contributed by atoms with Gasteiger partial charge >= 0.3 is 6.03 Å². The summed E-state index contributed by atoms with van der Waals surface area (Å²) >= 11 is 0. The van der Waals surface area contributed by atoms with E-state index in [-0.39, 0.29) is 44.6 Å². The quantitative estimate of drug-likeness (QED) is 0.0659. The van der Waals surface area contributed by atoms with Gasteiger partial charge in [-0.05, 0) is 83.6 Å². The van der Waals surface area contributed by atoms with Crippen LogP contribution in [0.15, 0.2) is 119 Å². The molecule has 0 atom stereocenters. The predicted octanol–water partition coefficient (Wildman–Crippen LogP) is 6.05. The fourth-order valence-electron chi connectivity index (χ4n) is 5.25. The maximum atomic E-state index is 13.1. The van der Waals surface area contributed by atoms with Gasteiger partial charge in [0.15, 0.2) is 0 Å². The molecule has 0 aromatic heterocycles. The van der Waals surface area contributed by atoms with E-state index in [1.165, 1.54) is 97.1 Å². The van der Waals surface area contributed by atoms with Crippen LogP contribution in [0.4, 0.5) is 27.5 Å². The van der Waals surface area contributed by atoms with Gasteiger partial charge in [0, 0.05) is 33.3 Å². The van der Waals surface area contributed by atoms with Gasteiger partial charge in [0.05, 0.1) is 21.2 Å². The number of rotatable bonds is 8. The Balaban J connectivity index is 1.12. The van der Waals surface area contributed by atoms with Crippen molar-refractivity contribution in [3.05, 3.63) is 120 Å². The number of amides is 4. The molecule has 0 spiro atoms. The number of fused-ring (bicyclic) bond motifs is 2. The molecule has 52 heavy (non-hydrogen) atoms. The van der Waals surface area contributed by atoms with Crippen LogP contribution < -0.4 is 21.3 Å². The number of carbonyl (C=O) groups is 3. The molecule has 6 aromatic carbocycles. The van der Waals surface area contributed by atoms with E-state index >= 15 is 0 Å². The molecule has 0 aliphatic heterocycles. The third-order valence-corrected chi connectivity index (χ3v) is 9.49. The molecule has 6 rings (SSSR count). The summed E-state index contributed by atoms with van der Waals surface area (Å²) < 4.78 is 64.9. The zero-order valence-electron chi connectivity index (χ0n) is 26.4. The average molecular weight is 743 g/mol. The Morgan fingerprint density at radius 2 is 0.865 bits per heavy atom. The molecular weight excluding hydrogens is 717 g/mol. The van der Waals surface area contributed by atoms with Crippen LogP contribution in [0.25, 0.3) is 21.5 Å². The minimum atomic E-state index is -4.54. The van der Waals surface area contributed by atoms with Gasteiger partial charge in [-0.3, -0.25) is 18.7 Å². The van der Waals surface area contributed by atoms with Gasteiger partial charge < -0.3 is 31.5 Å². The molecule has 0 radical (unpaired) electrons. The standard InChI is InChI=1S/C35H26N4O11S2/c40-31-27-17-25(51(45,46)47)11-7-19(27)9-13-29(31)38-33(42)21-3-1-5-23(15-21)36-35(44)37-24-6-2-4-22(16-24)34(43)39-30-14-10-20-8-12-26(52(48,49)50)18-28(20)32(30)41/h1-18,40-41H,(H,38,42)(H,39,43)(H2,36,37,44)(H,45,46,47)(H,48,49,50). The average Bonchev–Trinajstić information content (AvgIpc) is 3.09. The van der Waals surface area contributed by atoms with Gasteiger partial charge in [-0.2, -0.15) is 16.8 Å². The maximum absolute atomic E-state index is 13.1. The molecule has 8 N–H and O–H groups in total. The highest BCUT2D eigenvalue weighted by Crippen LogP contribution is 2.36. The van der Waals surface area contributed by atoms with Crippen molar-refractivity contribution < 1.29 is 50.5 Å². The van der Waals surface area contributed by atoms with Crippen molar-refractivity contribution in [2.45, 2.75) is 9.79 Å². The fraction of sp³-hybridized carbons (Fsp3) is 0. The summed E-state index contributed by atoms with van der Waals surface area (Å²) in [6, 6.07) is 24.1. The molecule has 0 aliphatic carbocycles. The molecule has 4 amide bonds. The first-order valence-corrected chi connectivity index (χ1v) is 17.8. The number of aromatic hydroxyl groups is 2. The molecule has 6 aromatic rings. The van der Waals surface area contributed by atoms with Crippen molar-refractivity contribution in [2.75, 3.05) is 21.3 Å². The highest BCUT2D eigenvalue weighted by molar-refractivity contribution is 7.86. The number of phenolic OH excluding ortho intramolecular Hbond substituents is 2. The molecule has 0 fully saturated rings. The second-order valence-corrected chi connectivity index (χ2v) is 14.1. The van der Waals surface area contributed by atoms with Crippen LogP contribution in [0.5, 0.6) is 11.5 Å². The molecule has 264 valence electrons. The van der Waals surface area contributed by atoms with Crippen molar-refractivity contribution in [3.63, 3.8) is 0 Å². The van der Waals surface area contributed by atoms with Crippen LogP contribution in [0.1, 0.15) is 20.7 Å². The summed E-state index contributed by atoms with van der Waals surface area (Å²) in [5, 5.41) is 32.8. The van der Waals surface area contributed by atoms with E-state index in [4.69, 9.17) is 0 Å². The van der Waals surface area contributed by atoms with Crippen molar-refractivity contribution in [3.8, 4) is 11.5 Å². The van der Waals surface area contributed by atoms with Gasteiger partial charge in [0.25, 0.3) is 32.1 Å². The Kier molecular flexibility index (Phi) is 9.26. The van der Waals surface area contributed by atoms with E-state index in [1.807, 2.05) is 0 Å². The van der Waals surface area contributed by atoms with Gasteiger partial charge in [-0.15, -0.1) is 0 Å². The van der Waals surface area contributed by atoms with Crippen LogP contribution in [-0.4, -0.2) is 54.0 Å². The number of urea groups is 1. The van der Waals surface area contributed by atoms with Crippen molar-refractivity contribution in [1.82, 2.24) is 0 Å². The zero-order chi connectivity index (χ0) is 37.4. The minimum absolute atomic E-state index is 0.0351. The number of hydrogen-bond acceptors (Lipinski definition) is 9. The summed E-state index contributed by atoms with van der Waals surface area (Å²) in [6.07, 6.45) is 0. The number of hydrogen-bond donors (Lipinski definition) is 8. The monoisotopic (exact) mass is 742 g/mol. The first kappa shape index (κ1) is 35.3. The molecule has 0 bridgehead atoms. The van der Waals surface area contributed by atoms with Crippen molar-refractivity contribution >= 4 is 82.4 Å². The van der Waals surface area contributed by atoms with Crippen LogP contribution in [0, 0.1) is 0 Å². The Bertz CT molecular complexity index is 2500. The van der Waals surface area contributed by atoms with Gasteiger partial charge in [-0.1, -0.05) is 36.4 Å². The van der Waals surface area contributed by atoms with E-state index in [0.717, 1.165) is 12.1 Å². The molecule has 0 heterocycles. The Labute approximate surface area is 295 Å². The first-order valence-electron chi connectivity index (χ1n) is 14.9. The van der Waals surface area contributed by atoms with Crippen LogP contribution in [0.2, 0.25) is 0 Å². The summed E-state index contributed by atoms with van der Waals surface area (Å²) in [6.45, 7) is 0. The number of nitrogens with one attached hydrogen (secondary N) is 4. The van der Waals surface area contributed by atoms with Gasteiger partial charge in [0.1, 0.15) is 11.5 Å². The Hall–Kier alpha value is -6.53. The smallest absolute Gasteiger partial charge is 0.323 e. The second kappa shape index (κ2) is 13.6. The Morgan fingerprint density at radius 1 is 0.481 bits per heavy atom. The largest absolute Gasteiger partial charge is 0.505 e. The highest BCUT2D eigenvalue weighted by atomic mass is 32.2. The van der Waals surface area contributed by atoms with E-state index in [9.17, 15) is 50.5 Å². The van der Waals surface area contributed by atoms with E-state index in [1.54, 1.807) is 0 Å². The molecule has 0 saturated heterocycles. The van der Waals surface area contributed by atoms with E-state index in [2.05, 4.69) is 21.3 Å². The predicted molar refractivity (Wildman–Crippen MR) is 192 cm³/mol. The topological polar surface area (TPSA) is 249 Å². The molecular formula is C35H26N4O11S2. The second-order valence-electron chi connectivity index (χ2n) is 11.3. The fourth-order valence-corrected chi connectivity index (χ4v) is 6.26. The molecule has 17 heteroatoms. The molecule has 0 aliphatic rings. The van der Waals surface area contributed by atoms with Gasteiger partial charge in [-0.25, -0.2) is 4.79 Å². The molecule has 0 saturated carbocycles. The SMILES string of the molecule is O=C(Nc1cccc(C(=O)Nc2ccc3ccc(S(=O)(=O)O)cc3c2O)c1)Nc1cccc(C(=O)Nc2ccc3ccc(S(=O)(=O)O)cc3c2O)c1. The maximum Gasteiger partial charge on any atom is 0.323 e. The number of carbonyl (C=O) groups excluding carboxylic acids is 3. The molecule has 15 nitrogen and oxygen atoms in total. The lowest BCUT2D eigenvalue weighted by atomic mass is 10.1. The third kappa shape index (κ3) is 7.62. The number of phenols is 2. The van der Waals surface area contributed by atoms with Crippen molar-refractivity contribution in [2.24, 2.45) is 0 Å². The van der Waals surface area contributed by atoms with Crippen LogP contribution in [0.3, 0.4) is 0 Å². The highest BCUT2D eigenvalue weighted by Gasteiger charge is 2.18. The van der Waals surface area contributed by atoms with Crippen LogP contribution >= 0.6 is 0 Å². The van der Waals surface area contributed by atoms with Crippen LogP contribution in [-0.2, 0) is 20.2 Å². The molecule has 0 unspecified atom stereocenters. The lowest BCUT2D eigenvalue weighted by Gasteiger charge is -2.13. The number of benzene rings is 6. The summed E-state index contributed by atoms with van der Waals surface area (Å²) in [7, 11) is -9.08. The summed E-state index contributed by atoms with van der Waals surface area (Å²) in [5.41, 5.74) is 0.536. The van der Waals surface area contributed by atoms with E-state index < -0.39 is 59.4 Å². The first-order chi connectivity index (χ1) is 24.6. The minimum Gasteiger partial charge on any atom is -0.505 e. The zero-order valence-corrected chi connectivity index (χ0v) is 28.0. The lowest BCUT2D eigenvalue weighted by molar-refractivity contribution is 0.101. The van der Waals surface area contributed by atoms with E-state index in [0.29, 0.717) is 10.8 Å². The normalized spacial score (nSPS) is 11.6. The Morgan fingerprint density at radius 3 is 1.25 bits per heavy atom. The number of anilines is 4. The summed E-state index contributed by atoms with van der Waals surface area (Å²) in [4.78, 5) is 38.1. The summed E-state index contributed by atoms with van der Waals surface area (Å²) in [5.74, 6) is -2.19.